The number of hydrogen-bond donors (Lipinski definition) is 1. The summed E-state index contributed by atoms with van der Waals surface area (Å²) in [6, 6.07) is 6.16. The molecule has 0 aliphatic carbocycles. The molecular weight excluding hydrogens is 412 g/mol. The number of sulfone groups is 2. The first-order valence-corrected chi connectivity index (χ1v) is 13.3. The van der Waals surface area contributed by atoms with Crippen molar-refractivity contribution in [2.45, 2.75) is 55.2 Å². The molecule has 3 rings (SSSR count). The molecule has 0 saturated carbocycles. The van der Waals surface area contributed by atoms with Crippen molar-refractivity contribution in [3.05, 3.63) is 29.8 Å². The first-order chi connectivity index (χ1) is 13.3. The quantitative estimate of drug-likeness (QED) is 0.747. The molecule has 29 heavy (non-hydrogen) atoms. The van der Waals surface area contributed by atoms with E-state index < -0.39 is 31.0 Å². The molecule has 0 unspecified atom stereocenters. The summed E-state index contributed by atoms with van der Waals surface area (Å²) in [6.07, 6.45) is 1.05. The second kappa shape index (κ2) is 7.67. The molecule has 0 radical (unpaired) electrons. The van der Waals surface area contributed by atoms with Gasteiger partial charge in [-0.25, -0.2) is 16.8 Å². The highest BCUT2D eigenvalue weighted by Crippen LogP contribution is 2.32. The number of nitrogens with two attached hydrogens (primary N) is 1. The van der Waals surface area contributed by atoms with Crippen molar-refractivity contribution in [3.63, 3.8) is 0 Å². The smallest absolute Gasteiger partial charge is 0.220 e. The Morgan fingerprint density at radius 1 is 1.07 bits per heavy atom. The van der Waals surface area contributed by atoms with Crippen LogP contribution in [0.3, 0.4) is 0 Å². The molecule has 0 bridgehead atoms. The zero-order valence-corrected chi connectivity index (χ0v) is 18.8. The first-order valence-electron chi connectivity index (χ1n) is 9.89. The number of hydrogen-bond acceptors (Lipinski definition) is 6. The molecule has 2 fully saturated rings. The molecule has 2 aliphatic rings. The van der Waals surface area contributed by atoms with Crippen molar-refractivity contribution in [1.82, 2.24) is 4.90 Å². The number of carbonyl (C=O) groups is 1. The van der Waals surface area contributed by atoms with Gasteiger partial charge in [-0.3, -0.25) is 9.69 Å². The number of primary amides is 1. The van der Waals surface area contributed by atoms with Crippen LogP contribution in [0.25, 0.3) is 0 Å². The zero-order valence-electron chi connectivity index (χ0n) is 17.2. The fourth-order valence-electron chi connectivity index (χ4n) is 4.27. The molecule has 1 aromatic rings. The molecular formula is C20H30N2O5S2. The highest BCUT2D eigenvalue weighted by molar-refractivity contribution is 7.96. The molecule has 2 atom stereocenters. The summed E-state index contributed by atoms with van der Waals surface area (Å²) in [4.78, 5) is 13.5. The summed E-state index contributed by atoms with van der Waals surface area (Å²) >= 11 is 0. The molecule has 2 saturated heterocycles. The van der Waals surface area contributed by atoms with Gasteiger partial charge < -0.3 is 5.73 Å². The van der Waals surface area contributed by atoms with Crippen LogP contribution in [0.15, 0.2) is 29.2 Å². The highest BCUT2D eigenvalue weighted by atomic mass is 32.2. The normalized spacial score (nSPS) is 26.4. The van der Waals surface area contributed by atoms with E-state index in [4.69, 9.17) is 5.73 Å². The zero-order chi connectivity index (χ0) is 21.6. The van der Waals surface area contributed by atoms with E-state index in [9.17, 15) is 21.6 Å². The molecule has 2 heterocycles. The highest BCUT2D eigenvalue weighted by Gasteiger charge is 2.48. The Balaban J connectivity index is 1.87. The third-order valence-corrected chi connectivity index (χ3v) is 10.3. The van der Waals surface area contributed by atoms with Crippen molar-refractivity contribution >= 4 is 25.6 Å². The van der Waals surface area contributed by atoms with Crippen LogP contribution in [0.1, 0.15) is 39.2 Å². The van der Waals surface area contributed by atoms with E-state index in [1.54, 1.807) is 24.3 Å². The van der Waals surface area contributed by atoms with E-state index in [1.165, 1.54) is 0 Å². The number of benzene rings is 1. The average Bonchev–Trinajstić information content (AvgIpc) is 2.97. The van der Waals surface area contributed by atoms with Gasteiger partial charge in [-0.2, -0.15) is 0 Å². The second-order valence-electron chi connectivity index (χ2n) is 9.21. The second-order valence-corrected chi connectivity index (χ2v) is 13.5. The first kappa shape index (κ1) is 22.2. The lowest BCUT2D eigenvalue weighted by atomic mass is 9.87. The summed E-state index contributed by atoms with van der Waals surface area (Å²) < 4.78 is 51.4. The Labute approximate surface area is 173 Å². The van der Waals surface area contributed by atoms with Crippen LogP contribution in [0, 0.1) is 5.92 Å². The van der Waals surface area contributed by atoms with Gasteiger partial charge in [0.1, 0.15) is 0 Å². The standard InChI is InChI=1S/C20H30N2O5S2/c1-20(2,3)15-4-6-16(7-5-15)29(26,27)18-13-28(24,25)12-17(18)22-10-8-14(9-11-22)19(21)23/h4-7,14,17-18H,8-13H2,1-3H3,(H2,21,23)/t17-,18-/m1/s1. The van der Waals surface area contributed by atoms with E-state index >= 15 is 0 Å². The molecule has 1 amide bonds. The number of amides is 1. The molecule has 9 heteroatoms. The summed E-state index contributed by atoms with van der Waals surface area (Å²) in [6.45, 7) is 7.09. The molecule has 1 aromatic carbocycles. The minimum Gasteiger partial charge on any atom is -0.369 e. The van der Waals surface area contributed by atoms with Gasteiger partial charge in [-0.1, -0.05) is 32.9 Å². The maximum absolute atomic E-state index is 13.3. The summed E-state index contributed by atoms with van der Waals surface area (Å²) in [7, 11) is -7.27. The Hall–Kier alpha value is -1.45. The van der Waals surface area contributed by atoms with Gasteiger partial charge >= 0.3 is 0 Å². The van der Waals surface area contributed by atoms with Crippen molar-refractivity contribution in [3.8, 4) is 0 Å². The number of rotatable bonds is 4. The fraction of sp³-hybridized carbons (Fsp3) is 0.650. The third kappa shape index (κ3) is 4.67. The van der Waals surface area contributed by atoms with Crippen LogP contribution in [0.5, 0.6) is 0 Å². The minimum absolute atomic E-state index is 0.105. The molecule has 162 valence electrons. The minimum atomic E-state index is -3.81. The van der Waals surface area contributed by atoms with Gasteiger partial charge in [-0.05, 0) is 49.0 Å². The van der Waals surface area contributed by atoms with Crippen LogP contribution >= 0.6 is 0 Å². The predicted octanol–water partition coefficient (Wildman–Crippen LogP) is 1.12. The van der Waals surface area contributed by atoms with Crippen molar-refractivity contribution in [2.24, 2.45) is 11.7 Å². The Kier molecular flexibility index (Phi) is 5.88. The lowest BCUT2D eigenvalue weighted by molar-refractivity contribution is -0.123. The van der Waals surface area contributed by atoms with E-state index in [0.717, 1.165) is 5.56 Å². The van der Waals surface area contributed by atoms with Gasteiger partial charge in [0.05, 0.1) is 21.7 Å². The number of piperidine rings is 1. The number of likely N-dealkylation sites (tertiary alicyclic amines) is 1. The molecule has 0 spiro atoms. The largest absolute Gasteiger partial charge is 0.369 e. The average molecular weight is 443 g/mol. The lowest BCUT2D eigenvalue weighted by Gasteiger charge is -2.36. The monoisotopic (exact) mass is 442 g/mol. The van der Waals surface area contributed by atoms with Crippen molar-refractivity contribution in [2.75, 3.05) is 24.6 Å². The fourth-order valence-corrected chi connectivity index (χ4v) is 9.10. The topological polar surface area (TPSA) is 115 Å². The van der Waals surface area contributed by atoms with E-state index in [1.807, 2.05) is 25.7 Å². The number of carbonyl (C=O) groups excluding carboxylic acids is 1. The van der Waals surface area contributed by atoms with Crippen LogP contribution in [-0.2, 0) is 29.9 Å². The maximum Gasteiger partial charge on any atom is 0.220 e. The van der Waals surface area contributed by atoms with Crippen molar-refractivity contribution < 1.29 is 21.6 Å². The summed E-state index contributed by atoms with van der Waals surface area (Å²) in [5.41, 5.74) is 6.28. The van der Waals surface area contributed by atoms with Crippen LogP contribution in [0.2, 0.25) is 0 Å². The van der Waals surface area contributed by atoms with Gasteiger partial charge in [0.2, 0.25) is 5.91 Å². The van der Waals surface area contributed by atoms with Gasteiger partial charge in [0, 0.05) is 12.0 Å². The maximum atomic E-state index is 13.3. The SMILES string of the molecule is CC(C)(C)c1ccc(S(=O)(=O)[C@@H]2CS(=O)(=O)C[C@H]2N2CCC(C(N)=O)CC2)cc1. The van der Waals surface area contributed by atoms with Gasteiger partial charge in [-0.15, -0.1) is 0 Å². The van der Waals surface area contributed by atoms with Crippen LogP contribution in [-0.4, -0.2) is 63.5 Å². The van der Waals surface area contributed by atoms with Crippen molar-refractivity contribution in [1.29, 1.82) is 0 Å². The summed E-state index contributed by atoms with van der Waals surface area (Å²) in [5.74, 6) is -1.12. The Morgan fingerprint density at radius 3 is 2.10 bits per heavy atom. The lowest BCUT2D eigenvalue weighted by Crippen LogP contribution is -2.50. The van der Waals surface area contributed by atoms with Gasteiger partial charge in [0.15, 0.2) is 19.7 Å². The molecule has 0 aromatic heterocycles. The number of nitrogens with zero attached hydrogens (tertiary/aromatic N) is 1. The predicted molar refractivity (Wildman–Crippen MR) is 112 cm³/mol. The van der Waals surface area contributed by atoms with E-state index in [2.05, 4.69) is 0 Å². The summed E-state index contributed by atoms with van der Waals surface area (Å²) in [5, 5.41) is -1.00. The molecule has 2 N–H and O–H groups in total. The van der Waals surface area contributed by atoms with Crippen LogP contribution < -0.4 is 5.73 Å². The third-order valence-electron chi connectivity index (χ3n) is 6.12. The van der Waals surface area contributed by atoms with Crippen LogP contribution in [0.4, 0.5) is 0 Å². The van der Waals surface area contributed by atoms with E-state index in [-0.39, 0.29) is 33.6 Å². The Bertz CT molecular complexity index is 971. The Morgan fingerprint density at radius 2 is 1.62 bits per heavy atom. The van der Waals surface area contributed by atoms with E-state index in [0.29, 0.717) is 25.9 Å². The molecule has 2 aliphatic heterocycles. The van der Waals surface area contributed by atoms with Gasteiger partial charge in [0.25, 0.3) is 0 Å². The molecule has 7 nitrogen and oxygen atoms in total.